The molecule has 1 aromatic heterocycles. The van der Waals surface area contributed by atoms with Crippen LogP contribution in [-0.2, 0) is 4.79 Å². The molecular formula is C11H16N2O2S. The number of nitrogens with one attached hydrogen (secondary N) is 1. The van der Waals surface area contributed by atoms with E-state index >= 15 is 0 Å². The summed E-state index contributed by atoms with van der Waals surface area (Å²) >= 11 is 1.38. The third-order valence-corrected chi connectivity index (χ3v) is 3.06. The largest absolute Gasteiger partial charge is 0.357 e. The first-order valence-electron chi connectivity index (χ1n) is 5.08. The number of rotatable bonds is 5. The summed E-state index contributed by atoms with van der Waals surface area (Å²) in [5, 5.41) is 3.74. The number of thiophene rings is 1. The predicted octanol–water partition coefficient (Wildman–Crippen LogP) is 1.52. The lowest BCUT2D eigenvalue weighted by Crippen LogP contribution is -2.38. The minimum absolute atomic E-state index is 0.0152. The molecule has 0 fully saturated rings. The van der Waals surface area contributed by atoms with E-state index in [1.165, 1.54) is 11.3 Å². The van der Waals surface area contributed by atoms with Crippen molar-refractivity contribution in [3.63, 3.8) is 0 Å². The molecule has 1 aromatic rings. The van der Waals surface area contributed by atoms with Crippen molar-refractivity contribution in [3.05, 3.63) is 17.0 Å². The van der Waals surface area contributed by atoms with Crippen molar-refractivity contribution in [2.24, 2.45) is 0 Å². The van der Waals surface area contributed by atoms with Gasteiger partial charge in [-0.2, -0.15) is 0 Å². The Labute approximate surface area is 99.3 Å². The Morgan fingerprint density at radius 3 is 2.75 bits per heavy atom. The molecule has 0 atom stereocenters. The fraction of sp³-hybridized carbons (Fsp3) is 0.455. The van der Waals surface area contributed by atoms with Gasteiger partial charge in [0.25, 0.3) is 0 Å². The number of aldehydes is 1. The highest BCUT2D eigenvalue weighted by molar-refractivity contribution is 7.17. The Morgan fingerprint density at radius 1 is 1.56 bits per heavy atom. The van der Waals surface area contributed by atoms with Gasteiger partial charge in [0.15, 0.2) is 6.29 Å². The SMILES string of the molecule is CC(C)NC(=O)CN(C)c1ccc(C=O)s1. The molecule has 1 rings (SSSR count). The summed E-state index contributed by atoms with van der Waals surface area (Å²) in [5.41, 5.74) is 0. The highest BCUT2D eigenvalue weighted by Crippen LogP contribution is 2.23. The van der Waals surface area contributed by atoms with Gasteiger partial charge in [0.2, 0.25) is 5.91 Å². The number of hydrogen-bond acceptors (Lipinski definition) is 4. The van der Waals surface area contributed by atoms with Gasteiger partial charge in [-0.05, 0) is 26.0 Å². The van der Waals surface area contributed by atoms with E-state index in [0.29, 0.717) is 11.4 Å². The van der Waals surface area contributed by atoms with E-state index in [-0.39, 0.29) is 11.9 Å². The molecule has 0 spiro atoms. The molecule has 0 aliphatic rings. The zero-order chi connectivity index (χ0) is 12.1. The van der Waals surface area contributed by atoms with Crippen LogP contribution in [0, 0.1) is 0 Å². The number of nitrogens with zero attached hydrogens (tertiary/aromatic N) is 1. The zero-order valence-electron chi connectivity index (χ0n) is 9.69. The van der Waals surface area contributed by atoms with Crippen molar-refractivity contribution in [1.29, 1.82) is 0 Å². The maximum Gasteiger partial charge on any atom is 0.239 e. The molecule has 0 aromatic carbocycles. The van der Waals surface area contributed by atoms with Crippen LogP contribution in [-0.4, -0.2) is 31.8 Å². The van der Waals surface area contributed by atoms with Crippen LogP contribution in [0.3, 0.4) is 0 Å². The molecule has 0 radical (unpaired) electrons. The minimum Gasteiger partial charge on any atom is -0.357 e. The molecule has 0 bridgehead atoms. The first-order valence-corrected chi connectivity index (χ1v) is 5.90. The van der Waals surface area contributed by atoms with Crippen LogP contribution in [0.1, 0.15) is 23.5 Å². The molecule has 0 saturated carbocycles. The van der Waals surface area contributed by atoms with Crippen LogP contribution in [0.25, 0.3) is 0 Å². The van der Waals surface area contributed by atoms with Gasteiger partial charge >= 0.3 is 0 Å². The minimum atomic E-state index is -0.0152. The van der Waals surface area contributed by atoms with Gasteiger partial charge in [-0.15, -0.1) is 11.3 Å². The van der Waals surface area contributed by atoms with Gasteiger partial charge < -0.3 is 10.2 Å². The lowest BCUT2D eigenvalue weighted by Gasteiger charge is -2.17. The molecule has 0 aliphatic carbocycles. The summed E-state index contributed by atoms with van der Waals surface area (Å²) < 4.78 is 0. The highest BCUT2D eigenvalue weighted by Gasteiger charge is 2.10. The van der Waals surface area contributed by atoms with Crippen molar-refractivity contribution < 1.29 is 9.59 Å². The number of likely N-dealkylation sites (N-methyl/N-ethyl adjacent to an activating group) is 1. The average molecular weight is 240 g/mol. The van der Waals surface area contributed by atoms with Crippen LogP contribution in [0.15, 0.2) is 12.1 Å². The van der Waals surface area contributed by atoms with Gasteiger partial charge in [0.05, 0.1) is 16.4 Å². The smallest absolute Gasteiger partial charge is 0.239 e. The summed E-state index contributed by atoms with van der Waals surface area (Å²) in [7, 11) is 1.83. The van der Waals surface area contributed by atoms with E-state index in [1.807, 2.05) is 31.9 Å². The van der Waals surface area contributed by atoms with Crippen LogP contribution < -0.4 is 10.2 Å². The maximum absolute atomic E-state index is 11.5. The average Bonchev–Trinajstić information content (AvgIpc) is 2.64. The lowest BCUT2D eigenvalue weighted by molar-refractivity contribution is -0.120. The quantitative estimate of drug-likeness (QED) is 0.794. The standard InChI is InChI=1S/C11H16N2O2S/c1-8(2)12-10(15)6-13(3)11-5-4-9(7-14)16-11/h4-5,7-8H,6H2,1-3H3,(H,12,15). The van der Waals surface area contributed by atoms with Crippen molar-refractivity contribution >= 4 is 28.5 Å². The van der Waals surface area contributed by atoms with Gasteiger partial charge in [-0.25, -0.2) is 0 Å². The second-order valence-electron chi connectivity index (χ2n) is 3.87. The number of hydrogen-bond donors (Lipinski definition) is 1. The van der Waals surface area contributed by atoms with E-state index in [0.717, 1.165) is 11.3 Å². The van der Waals surface area contributed by atoms with Crippen molar-refractivity contribution in [1.82, 2.24) is 5.32 Å². The van der Waals surface area contributed by atoms with Crippen LogP contribution in [0.2, 0.25) is 0 Å². The summed E-state index contributed by atoms with van der Waals surface area (Å²) in [6.45, 7) is 4.15. The van der Waals surface area contributed by atoms with Gasteiger partial charge in [0, 0.05) is 13.1 Å². The first-order chi connectivity index (χ1) is 7.52. The summed E-state index contributed by atoms with van der Waals surface area (Å²) in [6.07, 6.45) is 0.816. The molecule has 1 amide bonds. The van der Waals surface area contributed by atoms with Gasteiger partial charge in [-0.3, -0.25) is 9.59 Å². The summed E-state index contributed by atoms with van der Waals surface area (Å²) in [5.74, 6) is -0.0152. The first kappa shape index (κ1) is 12.7. The van der Waals surface area contributed by atoms with Gasteiger partial charge in [-0.1, -0.05) is 0 Å². The highest BCUT2D eigenvalue weighted by atomic mass is 32.1. The van der Waals surface area contributed by atoms with Gasteiger partial charge in [0.1, 0.15) is 0 Å². The number of anilines is 1. The zero-order valence-corrected chi connectivity index (χ0v) is 10.5. The van der Waals surface area contributed by atoms with E-state index in [2.05, 4.69) is 5.32 Å². The summed E-state index contributed by atoms with van der Waals surface area (Å²) in [4.78, 5) is 24.5. The fourth-order valence-corrected chi connectivity index (χ4v) is 2.05. The number of amides is 1. The maximum atomic E-state index is 11.5. The predicted molar refractivity (Wildman–Crippen MR) is 66.3 cm³/mol. The number of carbonyl (C=O) groups is 2. The fourth-order valence-electron chi connectivity index (χ4n) is 1.27. The van der Waals surface area contributed by atoms with Crippen molar-refractivity contribution in [3.8, 4) is 0 Å². The Bertz CT molecular complexity index is 374. The monoisotopic (exact) mass is 240 g/mol. The Kier molecular flexibility index (Phi) is 4.49. The molecule has 88 valence electrons. The van der Waals surface area contributed by atoms with Crippen LogP contribution >= 0.6 is 11.3 Å². The third-order valence-electron chi connectivity index (χ3n) is 1.94. The van der Waals surface area contributed by atoms with Crippen molar-refractivity contribution in [2.45, 2.75) is 19.9 Å². The van der Waals surface area contributed by atoms with E-state index in [9.17, 15) is 9.59 Å². The van der Waals surface area contributed by atoms with Crippen molar-refractivity contribution in [2.75, 3.05) is 18.5 Å². The molecule has 0 saturated heterocycles. The second kappa shape index (κ2) is 5.65. The van der Waals surface area contributed by atoms with E-state index in [4.69, 9.17) is 0 Å². The topological polar surface area (TPSA) is 49.4 Å². The Hall–Kier alpha value is -1.36. The lowest BCUT2D eigenvalue weighted by atomic mass is 10.4. The molecule has 1 heterocycles. The Morgan fingerprint density at radius 2 is 2.25 bits per heavy atom. The van der Waals surface area contributed by atoms with E-state index < -0.39 is 0 Å². The molecule has 5 heteroatoms. The van der Waals surface area contributed by atoms with Crippen LogP contribution in [0.4, 0.5) is 5.00 Å². The molecule has 0 unspecified atom stereocenters. The molecular weight excluding hydrogens is 224 g/mol. The van der Waals surface area contributed by atoms with Crippen LogP contribution in [0.5, 0.6) is 0 Å². The molecule has 16 heavy (non-hydrogen) atoms. The molecule has 4 nitrogen and oxygen atoms in total. The molecule has 0 aliphatic heterocycles. The molecule has 1 N–H and O–H groups in total. The number of carbonyl (C=O) groups excluding carboxylic acids is 2. The normalized spacial score (nSPS) is 10.2. The Balaban J connectivity index is 2.54. The second-order valence-corrected chi connectivity index (χ2v) is 4.97. The third kappa shape index (κ3) is 3.66. The summed E-state index contributed by atoms with van der Waals surface area (Å²) in [6, 6.07) is 3.75. The van der Waals surface area contributed by atoms with E-state index in [1.54, 1.807) is 6.07 Å².